The van der Waals surface area contributed by atoms with Gasteiger partial charge in [0.1, 0.15) is 5.58 Å². The minimum atomic E-state index is -0.00816. The van der Waals surface area contributed by atoms with Crippen LogP contribution in [0.2, 0.25) is 0 Å². The van der Waals surface area contributed by atoms with Gasteiger partial charge in [-0.15, -0.1) is 12.4 Å². The van der Waals surface area contributed by atoms with Crippen LogP contribution in [0.4, 0.5) is 0 Å². The molecule has 0 aliphatic carbocycles. The van der Waals surface area contributed by atoms with Crippen LogP contribution in [-0.2, 0) is 11.3 Å². The number of carbonyl (C=O) groups is 1. The number of rotatable bonds is 5. The minimum Gasteiger partial charge on any atom is -0.451 e. The van der Waals surface area contributed by atoms with Crippen molar-refractivity contribution >= 4 is 29.3 Å². The highest BCUT2D eigenvalue weighted by molar-refractivity contribution is 5.99. The molecule has 2 aromatic rings. The highest BCUT2D eigenvalue weighted by atomic mass is 35.5. The first-order chi connectivity index (χ1) is 13.1. The highest BCUT2D eigenvalue weighted by Crippen LogP contribution is 2.29. The number of likely N-dealkylation sites (tertiary alicyclic amines) is 1. The molecule has 4 rings (SSSR count). The van der Waals surface area contributed by atoms with Crippen LogP contribution in [0, 0.1) is 0 Å². The van der Waals surface area contributed by atoms with Crippen molar-refractivity contribution in [2.24, 2.45) is 0 Å². The van der Waals surface area contributed by atoms with Crippen LogP contribution in [-0.4, -0.2) is 67.1 Å². The maximum absolute atomic E-state index is 13.3. The van der Waals surface area contributed by atoms with Crippen molar-refractivity contribution in [1.29, 1.82) is 0 Å². The van der Waals surface area contributed by atoms with E-state index in [1.54, 1.807) is 0 Å². The van der Waals surface area contributed by atoms with E-state index >= 15 is 0 Å². The molecule has 2 fully saturated rings. The van der Waals surface area contributed by atoms with Gasteiger partial charge in [0.05, 0.1) is 12.7 Å². The van der Waals surface area contributed by atoms with Gasteiger partial charge in [-0.05, 0) is 26.3 Å². The third-order valence-electron chi connectivity index (χ3n) is 5.57. The molecule has 1 aromatic carbocycles. The van der Waals surface area contributed by atoms with Gasteiger partial charge < -0.3 is 19.4 Å². The number of ether oxygens (including phenoxy) is 1. The predicted octanol–water partition coefficient (Wildman–Crippen LogP) is 2.90. The summed E-state index contributed by atoms with van der Waals surface area (Å²) in [6, 6.07) is 8.28. The first-order valence-corrected chi connectivity index (χ1v) is 9.99. The van der Waals surface area contributed by atoms with Gasteiger partial charge in [-0.25, -0.2) is 0 Å². The summed E-state index contributed by atoms with van der Waals surface area (Å²) in [6.07, 6.45) is 1.13. The Hall–Kier alpha value is -1.60. The van der Waals surface area contributed by atoms with Gasteiger partial charge in [-0.2, -0.15) is 0 Å². The molecule has 0 radical (unpaired) electrons. The number of furan rings is 1. The van der Waals surface area contributed by atoms with Crippen molar-refractivity contribution in [3.8, 4) is 0 Å². The van der Waals surface area contributed by atoms with Crippen molar-refractivity contribution in [2.75, 3.05) is 39.3 Å². The van der Waals surface area contributed by atoms with Crippen LogP contribution in [0.1, 0.15) is 36.4 Å². The fraction of sp³-hybridized carbons (Fsp3) is 0.571. The van der Waals surface area contributed by atoms with Crippen LogP contribution in [0.3, 0.4) is 0 Å². The molecule has 1 atom stereocenters. The van der Waals surface area contributed by atoms with Gasteiger partial charge in [0.25, 0.3) is 5.91 Å². The molecule has 2 aliphatic rings. The maximum Gasteiger partial charge on any atom is 0.290 e. The molecule has 3 heterocycles. The fourth-order valence-corrected chi connectivity index (χ4v) is 4.08. The number of amides is 1. The second kappa shape index (κ2) is 9.27. The topological polar surface area (TPSA) is 58.0 Å². The van der Waals surface area contributed by atoms with E-state index in [1.165, 1.54) is 0 Å². The van der Waals surface area contributed by atoms with Gasteiger partial charge in [0.2, 0.25) is 0 Å². The van der Waals surface area contributed by atoms with E-state index in [9.17, 15) is 4.79 Å². The third-order valence-corrected chi connectivity index (χ3v) is 5.57. The summed E-state index contributed by atoms with van der Waals surface area (Å²) in [5.41, 5.74) is 1.62. The Labute approximate surface area is 172 Å². The van der Waals surface area contributed by atoms with Gasteiger partial charge in [0, 0.05) is 56.3 Å². The van der Waals surface area contributed by atoms with Crippen LogP contribution in [0.5, 0.6) is 0 Å². The number of benzene rings is 1. The summed E-state index contributed by atoms with van der Waals surface area (Å²) in [6.45, 7) is 10.1. The maximum atomic E-state index is 13.3. The Balaban J connectivity index is 0.00000225. The normalized spacial score (nSPS) is 20.7. The average molecular weight is 408 g/mol. The summed E-state index contributed by atoms with van der Waals surface area (Å²) in [5, 5.41) is 4.36. The molecule has 0 spiro atoms. The summed E-state index contributed by atoms with van der Waals surface area (Å²) in [4.78, 5) is 17.7. The summed E-state index contributed by atoms with van der Waals surface area (Å²) in [7, 11) is 0. The van der Waals surface area contributed by atoms with Gasteiger partial charge in [-0.3, -0.25) is 9.69 Å². The molecule has 1 unspecified atom stereocenters. The zero-order valence-electron chi connectivity index (χ0n) is 16.6. The Kier molecular flexibility index (Phi) is 6.99. The molecule has 28 heavy (non-hydrogen) atoms. The number of nitrogens with one attached hydrogen (secondary N) is 1. The zero-order chi connectivity index (χ0) is 18.8. The highest BCUT2D eigenvalue weighted by Gasteiger charge is 2.34. The molecule has 2 saturated heterocycles. The first kappa shape index (κ1) is 21.1. The van der Waals surface area contributed by atoms with Crippen molar-refractivity contribution in [3.63, 3.8) is 0 Å². The van der Waals surface area contributed by atoms with E-state index < -0.39 is 0 Å². The number of halogens is 1. The van der Waals surface area contributed by atoms with Crippen LogP contribution < -0.4 is 5.32 Å². The van der Waals surface area contributed by atoms with Crippen LogP contribution >= 0.6 is 12.4 Å². The smallest absolute Gasteiger partial charge is 0.290 e. The van der Waals surface area contributed by atoms with Crippen LogP contribution in [0.25, 0.3) is 11.0 Å². The van der Waals surface area contributed by atoms with Gasteiger partial charge >= 0.3 is 0 Å². The average Bonchev–Trinajstić information content (AvgIpc) is 3.32. The largest absolute Gasteiger partial charge is 0.451 e. The molecule has 1 N–H and O–H groups in total. The Morgan fingerprint density at radius 1 is 1.25 bits per heavy atom. The van der Waals surface area contributed by atoms with Crippen molar-refractivity contribution in [2.45, 2.75) is 39.0 Å². The van der Waals surface area contributed by atoms with Crippen LogP contribution in [0.15, 0.2) is 28.7 Å². The van der Waals surface area contributed by atoms with Gasteiger partial charge in [0.15, 0.2) is 5.76 Å². The number of carbonyl (C=O) groups excluding carboxylic acids is 1. The summed E-state index contributed by atoms with van der Waals surface area (Å²) in [5.74, 6) is 0.434. The third kappa shape index (κ3) is 4.35. The van der Waals surface area contributed by atoms with E-state index in [4.69, 9.17) is 9.15 Å². The summed E-state index contributed by atoms with van der Waals surface area (Å²) < 4.78 is 11.8. The Morgan fingerprint density at radius 2 is 2.00 bits per heavy atom. The molecule has 1 aromatic heterocycles. The number of hydrogen-bond acceptors (Lipinski definition) is 5. The molecule has 7 heteroatoms. The zero-order valence-corrected chi connectivity index (χ0v) is 17.5. The Morgan fingerprint density at radius 3 is 2.75 bits per heavy atom. The lowest BCUT2D eigenvalue weighted by Crippen LogP contribution is -2.49. The number of piperazine rings is 1. The van der Waals surface area contributed by atoms with Crippen molar-refractivity contribution in [3.05, 3.63) is 35.6 Å². The first-order valence-electron chi connectivity index (χ1n) is 9.99. The summed E-state index contributed by atoms with van der Waals surface area (Å²) >= 11 is 0. The van der Waals surface area contributed by atoms with E-state index in [1.807, 2.05) is 43.0 Å². The molecule has 1 amide bonds. The van der Waals surface area contributed by atoms with E-state index in [-0.39, 0.29) is 24.4 Å². The standard InChI is InChI=1S/C21H29N3O3.ClH/c1-15(2)26-14-18-17-5-3-4-6-19(17)27-20(18)21(25)24-10-7-16(13-24)23-11-8-22-9-12-23;/h3-6,15-16,22H,7-14H2,1-2H3;1H. The number of para-hydroxylation sites is 1. The number of fused-ring (bicyclic) bond motifs is 1. The molecular formula is C21H30ClN3O3. The predicted molar refractivity (Wildman–Crippen MR) is 112 cm³/mol. The molecular weight excluding hydrogens is 378 g/mol. The monoisotopic (exact) mass is 407 g/mol. The molecule has 2 aliphatic heterocycles. The molecule has 0 bridgehead atoms. The lowest BCUT2D eigenvalue weighted by atomic mass is 10.1. The van der Waals surface area contributed by atoms with E-state index in [0.717, 1.165) is 62.2 Å². The lowest BCUT2D eigenvalue weighted by molar-refractivity contribution is 0.0617. The quantitative estimate of drug-likeness (QED) is 0.825. The van der Waals surface area contributed by atoms with E-state index in [2.05, 4.69) is 10.2 Å². The number of nitrogens with zero attached hydrogens (tertiary/aromatic N) is 2. The minimum absolute atomic E-state index is 0. The Bertz CT molecular complexity index is 801. The second-order valence-corrected chi connectivity index (χ2v) is 7.75. The van der Waals surface area contributed by atoms with Crippen molar-refractivity contribution in [1.82, 2.24) is 15.1 Å². The second-order valence-electron chi connectivity index (χ2n) is 7.75. The van der Waals surface area contributed by atoms with Gasteiger partial charge in [-0.1, -0.05) is 18.2 Å². The molecule has 0 saturated carbocycles. The number of hydrogen-bond donors (Lipinski definition) is 1. The fourth-order valence-electron chi connectivity index (χ4n) is 4.08. The SMILES string of the molecule is CC(C)OCc1c(C(=O)N2CCC(N3CCNCC3)C2)oc2ccccc12.Cl. The van der Waals surface area contributed by atoms with Crippen molar-refractivity contribution < 1.29 is 13.9 Å². The molecule has 6 nitrogen and oxygen atoms in total. The lowest BCUT2D eigenvalue weighted by Gasteiger charge is -2.32. The molecule has 154 valence electrons. The van der Waals surface area contributed by atoms with E-state index in [0.29, 0.717) is 18.4 Å².